The molecular formula is C11H22N2O2. The van der Waals surface area contributed by atoms with Crippen LogP contribution in [-0.2, 0) is 4.79 Å². The van der Waals surface area contributed by atoms with Crippen molar-refractivity contribution in [2.75, 3.05) is 6.54 Å². The van der Waals surface area contributed by atoms with E-state index in [2.05, 4.69) is 5.32 Å². The molecule has 2 aliphatic rings. The van der Waals surface area contributed by atoms with Gasteiger partial charge in [0.15, 0.2) is 0 Å². The zero-order valence-corrected chi connectivity index (χ0v) is 9.24. The van der Waals surface area contributed by atoms with Crippen LogP contribution in [0.15, 0.2) is 0 Å². The van der Waals surface area contributed by atoms with E-state index in [1.54, 1.807) is 0 Å². The highest BCUT2D eigenvalue weighted by Crippen LogP contribution is 2.15. The summed E-state index contributed by atoms with van der Waals surface area (Å²) in [6, 6.07) is -0.319. The normalized spacial score (nSPS) is 30.5. The molecule has 1 saturated carbocycles. The highest BCUT2D eigenvalue weighted by Gasteiger charge is 2.25. The van der Waals surface area contributed by atoms with E-state index in [-0.39, 0.29) is 11.9 Å². The van der Waals surface area contributed by atoms with Gasteiger partial charge in [0.25, 0.3) is 0 Å². The molecule has 2 rings (SSSR count). The van der Waals surface area contributed by atoms with Crippen molar-refractivity contribution in [2.24, 2.45) is 5.73 Å². The molecule has 0 aromatic carbocycles. The molecule has 1 amide bonds. The lowest BCUT2D eigenvalue weighted by Gasteiger charge is -2.05. The molecule has 15 heavy (non-hydrogen) atoms. The van der Waals surface area contributed by atoms with Gasteiger partial charge in [-0.25, -0.2) is 0 Å². The van der Waals surface area contributed by atoms with E-state index in [4.69, 9.17) is 10.8 Å². The number of hydrogen-bond donors (Lipinski definition) is 3. The summed E-state index contributed by atoms with van der Waals surface area (Å²) in [6.07, 6.45) is 9.05. The van der Waals surface area contributed by atoms with Crippen LogP contribution in [0.25, 0.3) is 0 Å². The van der Waals surface area contributed by atoms with Crippen molar-refractivity contribution in [2.45, 2.75) is 57.1 Å². The number of aliphatic hydroxyl groups is 1. The minimum absolute atomic E-state index is 0.319. The number of β-amino-alcohol motifs (C(OH)–C–C–N with tert-alkyl or cyclic N) is 1. The van der Waals surface area contributed by atoms with Gasteiger partial charge in [0.05, 0.1) is 12.1 Å². The zero-order chi connectivity index (χ0) is 11.1. The number of nitrogens with one attached hydrogen (secondary N) is 1. The summed E-state index contributed by atoms with van der Waals surface area (Å²) in [4.78, 5) is 10.4. The van der Waals surface area contributed by atoms with Gasteiger partial charge in [-0.15, -0.1) is 0 Å². The summed E-state index contributed by atoms with van der Waals surface area (Å²) >= 11 is 0. The van der Waals surface area contributed by atoms with E-state index in [1.807, 2.05) is 0 Å². The van der Waals surface area contributed by atoms with E-state index in [9.17, 15) is 4.79 Å². The topological polar surface area (TPSA) is 75.4 Å². The second kappa shape index (κ2) is 6.80. The van der Waals surface area contributed by atoms with Gasteiger partial charge in [-0.1, -0.05) is 38.5 Å². The monoisotopic (exact) mass is 214 g/mol. The van der Waals surface area contributed by atoms with Crippen LogP contribution in [0.2, 0.25) is 0 Å². The number of rotatable bonds is 1. The number of carbonyl (C=O) groups excluding carboxylic acids is 1. The van der Waals surface area contributed by atoms with E-state index < -0.39 is 6.10 Å². The van der Waals surface area contributed by atoms with E-state index in [0.29, 0.717) is 13.0 Å². The third-order valence-corrected chi connectivity index (χ3v) is 2.95. The maximum Gasteiger partial charge on any atom is 0.234 e. The fourth-order valence-electron chi connectivity index (χ4n) is 1.99. The van der Waals surface area contributed by atoms with Crippen LogP contribution in [0.5, 0.6) is 0 Å². The minimum Gasteiger partial charge on any atom is -0.392 e. The van der Waals surface area contributed by atoms with Gasteiger partial charge in [-0.3, -0.25) is 4.79 Å². The number of aliphatic hydroxyl groups excluding tert-OH is 1. The first-order chi connectivity index (χ1) is 7.20. The van der Waals surface area contributed by atoms with Crippen LogP contribution in [0, 0.1) is 0 Å². The molecule has 0 bridgehead atoms. The molecule has 1 aliphatic heterocycles. The quantitative estimate of drug-likeness (QED) is 0.596. The Balaban J connectivity index is 0.000000162. The van der Waals surface area contributed by atoms with E-state index >= 15 is 0 Å². The Hall–Kier alpha value is -0.610. The third-order valence-electron chi connectivity index (χ3n) is 2.95. The number of hydrogen-bond acceptors (Lipinski definition) is 3. The fourth-order valence-corrected chi connectivity index (χ4v) is 1.99. The predicted octanol–water partition coefficient (Wildman–Crippen LogP) is 0.535. The van der Waals surface area contributed by atoms with Crippen molar-refractivity contribution in [3.05, 3.63) is 0 Å². The van der Waals surface area contributed by atoms with Gasteiger partial charge in [0, 0.05) is 6.54 Å². The lowest BCUT2D eigenvalue weighted by atomic mass is 10.0. The molecule has 0 aromatic heterocycles. The minimum atomic E-state index is -0.400. The maximum atomic E-state index is 10.4. The van der Waals surface area contributed by atoms with Crippen molar-refractivity contribution in [1.29, 1.82) is 0 Å². The molecule has 88 valence electrons. The van der Waals surface area contributed by atoms with Crippen LogP contribution >= 0.6 is 0 Å². The molecule has 1 aliphatic carbocycles. The Morgan fingerprint density at radius 2 is 1.60 bits per heavy atom. The molecule has 1 saturated heterocycles. The Morgan fingerprint density at radius 3 is 1.80 bits per heavy atom. The number of nitrogens with two attached hydrogens (primary N) is 1. The summed E-state index contributed by atoms with van der Waals surface area (Å²) in [5.41, 5.74) is 4.95. The summed E-state index contributed by atoms with van der Waals surface area (Å²) in [5, 5.41) is 11.7. The average Bonchev–Trinajstić information content (AvgIpc) is 2.69. The summed E-state index contributed by atoms with van der Waals surface area (Å²) in [6.45, 7) is 0.480. The van der Waals surface area contributed by atoms with Gasteiger partial charge < -0.3 is 16.2 Å². The van der Waals surface area contributed by atoms with E-state index in [0.717, 1.165) is 0 Å². The third kappa shape index (κ3) is 5.14. The second-order valence-corrected chi connectivity index (χ2v) is 4.37. The Morgan fingerprint density at radius 1 is 1.13 bits per heavy atom. The standard InChI is InChI=1S/C6H12.C5H10N2O2/c1-2-4-6-5-3-1;6-5(9)4-1-3(8)2-7-4/h1-6H2;3-4,7-8H,1-2H2,(H2,6,9). The zero-order valence-electron chi connectivity index (χ0n) is 9.24. The Labute approximate surface area is 91.2 Å². The van der Waals surface area contributed by atoms with Gasteiger partial charge >= 0.3 is 0 Å². The van der Waals surface area contributed by atoms with Crippen molar-refractivity contribution >= 4 is 5.91 Å². The predicted molar refractivity (Wildman–Crippen MR) is 59.3 cm³/mol. The first-order valence-electron chi connectivity index (χ1n) is 5.91. The average molecular weight is 214 g/mol. The number of amides is 1. The molecule has 4 heteroatoms. The second-order valence-electron chi connectivity index (χ2n) is 4.37. The summed E-state index contributed by atoms with van der Waals surface area (Å²) < 4.78 is 0. The van der Waals surface area contributed by atoms with Crippen LogP contribution in [0.1, 0.15) is 44.9 Å². The molecule has 4 nitrogen and oxygen atoms in total. The molecule has 1 heterocycles. The van der Waals surface area contributed by atoms with Gasteiger partial charge in [0.1, 0.15) is 0 Å². The molecule has 4 N–H and O–H groups in total. The van der Waals surface area contributed by atoms with Crippen molar-refractivity contribution in [1.82, 2.24) is 5.32 Å². The molecule has 0 aromatic rings. The Bertz CT molecular complexity index is 182. The summed E-state index contributed by atoms with van der Waals surface area (Å²) in [5.74, 6) is -0.383. The first-order valence-corrected chi connectivity index (χ1v) is 5.91. The fraction of sp³-hybridized carbons (Fsp3) is 0.909. The Kier molecular flexibility index (Phi) is 5.65. The van der Waals surface area contributed by atoms with Crippen LogP contribution < -0.4 is 11.1 Å². The smallest absolute Gasteiger partial charge is 0.234 e. The SMILES string of the molecule is C1CCCCC1.NC(=O)C1CC(O)CN1. The molecule has 2 unspecified atom stereocenters. The van der Waals surface area contributed by atoms with Gasteiger partial charge in [-0.2, -0.15) is 0 Å². The lowest BCUT2D eigenvalue weighted by molar-refractivity contribution is -0.119. The lowest BCUT2D eigenvalue weighted by Crippen LogP contribution is -2.36. The number of carbonyl (C=O) groups is 1. The van der Waals surface area contributed by atoms with Crippen LogP contribution in [0.3, 0.4) is 0 Å². The maximum absolute atomic E-state index is 10.4. The molecular weight excluding hydrogens is 192 g/mol. The van der Waals surface area contributed by atoms with Crippen LogP contribution in [-0.4, -0.2) is 29.7 Å². The van der Waals surface area contributed by atoms with Crippen molar-refractivity contribution < 1.29 is 9.90 Å². The largest absolute Gasteiger partial charge is 0.392 e. The van der Waals surface area contributed by atoms with Gasteiger partial charge in [0.2, 0.25) is 5.91 Å². The van der Waals surface area contributed by atoms with Crippen molar-refractivity contribution in [3.8, 4) is 0 Å². The molecule has 0 spiro atoms. The molecule has 2 atom stereocenters. The highest BCUT2D eigenvalue weighted by molar-refractivity contribution is 5.80. The van der Waals surface area contributed by atoms with E-state index in [1.165, 1.54) is 38.5 Å². The first kappa shape index (κ1) is 12.5. The molecule has 2 fully saturated rings. The van der Waals surface area contributed by atoms with Crippen molar-refractivity contribution in [3.63, 3.8) is 0 Å². The highest BCUT2D eigenvalue weighted by atomic mass is 16.3. The summed E-state index contributed by atoms with van der Waals surface area (Å²) in [7, 11) is 0. The number of primary amides is 1. The molecule has 0 radical (unpaired) electrons. The van der Waals surface area contributed by atoms with Crippen LogP contribution in [0.4, 0.5) is 0 Å². The van der Waals surface area contributed by atoms with Gasteiger partial charge in [-0.05, 0) is 6.42 Å².